The Labute approximate surface area is 120 Å². The molecule has 1 nitrogen and oxygen atoms in total. The second-order valence-corrected chi connectivity index (χ2v) is 5.71. The van der Waals surface area contributed by atoms with Gasteiger partial charge >= 0.3 is 0 Å². The Hall–Kier alpha value is -1.34. The van der Waals surface area contributed by atoms with Gasteiger partial charge in [0.15, 0.2) is 0 Å². The quantitative estimate of drug-likeness (QED) is 0.732. The van der Waals surface area contributed by atoms with Gasteiger partial charge in [0.05, 0.1) is 0 Å². The molecule has 2 aromatic rings. The second-order valence-electron chi connectivity index (χ2n) is 5.10. The fourth-order valence-corrected chi connectivity index (χ4v) is 2.49. The van der Waals surface area contributed by atoms with Crippen molar-refractivity contribution in [2.45, 2.75) is 38.5 Å². The second kappa shape index (κ2) is 6.72. The van der Waals surface area contributed by atoms with E-state index in [1.807, 2.05) is 12.3 Å². The van der Waals surface area contributed by atoms with Crippen LogP contribution in [0.1, 0.15) is 28.8 Å². The molecule has 1 unspecified atom stereocenters. The number of rotatable bonds is 5. The minimum Gasteiger partial charge on any atom is -0.261 e. The molecule has 0 N–H and O–H groups in total. The van der Waals surface area contributed by atoms with Gasteiger partial charge in [-0.1, -0.05) is 35.9 Å². The van der Waals surface area contributed by atoms with Crippen LogP contribution in [0.25, 0.3) is 0 Å². The van der Waals surface area contributed by atoms with Crippen molar-refractivity contribution in [2.75, 3.05) is 0 Å². The van der Waals surface area contributed by atoms with Crippen LogP contribution in [0.3, 0.4) is 0 Å². The van der Waals surface area contributed by atoms with Crippen molar-refractivity contribution in [1.82, 2.24) is 4.98 Å². The molecule has 2 heteroatoms. The highest BCUT2D eigenvalue weighted by Gasteiger charge is 2.09. The average molecular weight is 274 g/mol. The Morgan fingerprint density at radius 2 is 2.00 bits per heavy atom. The largest absolute Gasteiger partial charge is 0.261 e. The van der Waals surface area contributed by atoms with Crippen LogP contribution in [-0.4, -0.2) is 10.4 Å². The average Bonchev–Trinajstić information content (AvgIpc) is 2.39. The first-order chi connectivity index (χ1) is 9.15. The maximum Gasteiger partial charge on any atom is 0.0447 e. The van der Waals surface area contributed by atoms with Gasteiger partial charge in [-0.15, -0.1) is 11.6 Å². The lowest BCUT2D eigenvalue weighted by molar-refractivity contribution is 0.728. The van der Waals surface area contributed by atoms with Crippen molar-refractivity contribution in [3.05, 3.63) is 65.0 Å². The molecule has 2 rings (SSSR count). The monoisotopic (exact) mass is 273 g/mol. The van der Waals surface area contributed by atoms with Crippen LogP contribution in [0, 0.1) is 13.8 Å². The summed E-state index contributed by atoms with van der Waals surface area (Å²) in [6, 6.07) is 12.7. The molecule has 0 amide bonds. The highest BCUT2D eigenvalue weighted by Crippen LogP contribution is 2.16. The van der Waals surface area contributed by atoms with E-state index in [-0.39, 0.29) is 5.38 Å². The van der Waals surface area contributed by atoms with Crippen molar-refractivity contribution < 1.29 is 0 Å². The molecule has 0 bridgehead atoms. The molecule has 0 aliphatic heterocycles. The number of aromatic nitrogens is 1. The smallest absolute Gasteiger partial charge is 0.0447 e. The lowest BCUT2D eigenvalue weighted by atomic mass is 10.0. The molecule has 1 aromatic carbocycles. The first kappa shape index (κ1) is 14.1. The standard InChI is InChI=1S/C17H20ClN/c1-13-5-3-7-15(11-13)8-9-16(18)12-17-14(2)6-4-10-19-17/h3-7,10-11,16H,8-9,12H2,1-2H3. The molecule has 19 heavy (non-hydrogen) atoms. The lowest BCUT2D eigenvalue weighted by Gasteiger charge is -2.11. The molecular weight excluding hydrogens is 254 g/mol. The summed E-state index contributed by atoms with van der Waals surface area (Å²) in [5.41, 5.74) is 5.02. The normalized spacial score (nSPS) is 12.4. The summed E-state index contributed by atoms with van der Waals surface area (Å²) < 4.78 is 0. The van der Waals surface area contributed by atoms with Crippen molar-refractivity contribution in [2.24, 2.45) is 0 Å². The zero-order chi connectivity index (χ0) is 13.7. The molecule has 1 heterocycles. The summed E-state index contributed by atoms with van der Waals surface area (Å²) in [6.07, 6.45) is 4.70. The summed E-state index contributed by atoms with van der Waals surface area (Å²) in [7, 11) is 0. The van der Waals surface area contributed by atoms with E-state index in [1.165, 1.54) is 16.7 Å². The summed E-state index contributed by atoms with van der Waals surface area (Å²) in [6.45, 7) is 4.21. The topological polar surface area (TPSA) is 12.9 Å². The highest BCUT2D eigenvalue weighted by atomic mass is 35.5. The molecule has 0 saturated carbocycles. The van der Waals surface area contributed by atoms with Gasteiger partial charge < -0.3 is 0 Å². The van der Waals surface area contributed by atoms with Crippen LogP contribution in [0.2, 0.25) is 0 Å². The number of aryl methyl sites for hydroxylation is 3. The Bertz CT molecular complexity index is 536. The van der Waals surface area contributed by atoms with Crippen LogP contribution in [0.4, 0.5) is 0 Å². The summed E-state index contributed by atoms with van der Waals surface area (Å²) in [4.78, 5) is 4.40. The first-order valence-corrected chi connectivity index (χ1v) is 7.19. The van der Waals surface area contributed by atoms with Gasteiger partial charge in [0, 0.05) is 23.7 Å². The number of benzene rings is 1. The van der Waals surface area contributed by atoms with E-state index in [1.54, 1.807) is 0 Å². The third-order valence-electron chi connectivity index (χ3n) is 3.36. The van der Waals surface area contributed by atoms with Crippen LogP contribution >= 0.6 is 11.6 Å². The number of pyridine rings is 1. The number of nitrogens with zero attached hydrogens (tertiary/aromatic N) is 1. The maximum absolute atomic E-state index is 6.44. The van der Waals surface area contributed by atoms with E-state index in [9.17, 15) is 0 Å². The maximum atomic E-state index is 6.44. The zero-order valence-corrected chi connectivity index (χ0v) is 12.3. The minimum absolute atomic E-state index is 0.147. The Morgan fingerprint density at radius 1 is 1.16 bits per heavy atom. The van der Waals surface area contributed by atoms with Crippen LogP contribution in [-0.2, 0) is 12.8 Å². The van der Waals surface area contributed by atoms with Crippen molar-refractivity contribution in [1.29, 1.82) is 0 Å². The predicted molar refractivity (Wildman–Crippen MR) is 81.8 cm³/mol. The SMILES string of the molecule is Cc1cccc(CCC(Cl)Cc2ncccc2C)c1. The summed E-state index contributed by atoms with van der Waals surface area (Å²) in [5, 5.41) is 0.147. The fraction of sp³-hybridized carbons (Fsp3) is 0.353. The first-order valence-electron chi connectivity index (χ1n) is 6.75. The number of halogens is 1. The van der Waals surface area contributed by atoms with Gasteiger partial charge in [0.1, 0.15) is 0 Å². The van der Waals surface area contributed by atoms with E-state index in [4.69, 9.17) is 11.6 Å². The minimum atomic E-state index is 0.147. The number of alkyl halides is 1. The predicted octanol–water partition coefficient (Wildman–Crippen LogP) is 4.48. The number of hydrogen-bond acceptors (Lipinski definition) is 1. The van der Waals surface area contributed by atoms with E-state index >= 15 is 0 Å². The Morgan fingerprint density at radius 3 is 2.74 bits per heavy atom. The lowest BCUT2D eigenvalue weighted by Crippen LogP contribution is -2.08. The molecule has 0 saturated heterocycles. The number of hydrogen-bond donors (Lipinski definition) is 0. The van der Waals surface area contributed by atoms with E-state index in [2.05, 4.69) is 49.2 Å². The van der Waals surface area contributed by atoms with E-state index < -0.39 is 0 Å². The fourth-order valence-electron chi connectivity index (χ4n) is 2.23. The van der Waals surface area contributed by atoms with Crippen LogP contribution in [0.5, 0.6) is 0 Å². The van der Waals surface area contributed by atoms with Gasteiger partial charge in [-0.05, 0) is 43.9 Å². The van der Waals surface area contributed by atoms with Crippen LogP contribution < -0.4 is 0 Å². The van der Waals surface area contributed by atoms with Crippen molar-refractivity contribution in [3.63, 3.8) is 0 Å². The van der Waals surface area contributed by atoms with Gasteiger partial charge in [-0.3, -0.25) is 4.98 Å². The molecule has 0 aliphatic carbocycles. The van der Waals surface area contributed by atoms with Gasteiger partial charge in [-0.25, -0.2) is 0 Å². The molecule has 1 aromatic heterocycles. The van der Waals surface area contributed by atoms with Crippen molar-refractivity contribution >= 4 is 11.6 Å². The van der Waals surface area contributed by atoms with Crippen LogP contribution in [0.15, 0.2) is 42.6 Å². The molecule has 1 atom stereocenters. The van der Waals surface area contributed by atoms with E-state index in [0.717, 1.165) is 25.0 Å². The Balaban J connectivity index is 1.88. The third-order valence-corrected chi connectivity index (χ3v) is 3.73. The molecular formula is C17H20ClN. The molecule has 0 spiro atoms. The summed E-state index contributed by atoms with van der Waals surface area (Å²) in [5.74, 6) is 0. The van der Waals surface area contributed by atoms with Gasteiger partial charge in [0.2, 0.25) is 0 Å². The third kappa shape index (κ3) is 4.36. The highest BCUT2D eigenvalue weighted by molar-refractivity contribution is 6.20. The van der Waals surface area contributed by atoms with Crippen molar-refractivity contribution in [3.8, 4) is 0 Å². The molecule has 0 fully saturated rings. The molecule has 0 radical (unpaired) electrons. The van der Waals surface area contributed by atoms with Gasteiger partial charge in [0.25, 0.3) is 0 Å². The molecule has 100 valence electrons. The molecule has 0 aliphatic rings. The zero-order valence-electron chi connectivity index (χ0n) is 11.6. The van der Waals surface area contributed by atoms with Gasteiger partial charge in [-0.2, -0.15) is 0 Å². The summed E-state index contributed by atoms with van der Waals surface area (Å²) >= 11 is 6.44. The Kier molecular flexibility index (Phi) is 4.98. The van der Waals surface area contributed by atoms with E-state index in [0.29, 0.717) is 0 Å².